The fourth-order valence-corrected chi connectivity index (χ4v) is 3.28. The average molecular weight is 430 g/mol. The van der Waals surface area contributed by atoms with Crippen molar-refractivity contribution in [1.29, 1.82) is 0 Å². The quantitative estimate of drug-likeness (QED) is 0.429. The van der Waals surface area contributed by atoms with Crippen molar-refractivity contribution in [2.24, 2.45) is 0 Å². The molecule has 0 aliphatic rings. The zero-order valence-corrected chi connectivity index (χ0v) is 16.7. The first-order valence-corrected chi connectivity index (χ1v) is 10.6. The number of nitrogens with one attached hydrogen (secondary N) is 1. The summed E-state index contributed by atoms with van der Waals surface area (Å²) in [5.41, 5.74) is -0.300. The van der Waals surface area contributed by atoms with Crippen LogP contribution < -0.4 is 10.1 Å². The van der Waals surface area contributed by atoms with E-state index in [4.69, 9.17) is 4.74 Å². The van der Waals surface area contributed by atoms with Crippen molar-refractivity contribution >= 4 is 27.1 Å². The van der Waals surface area contributed by atoms with E-state index < -0.39 is 26.4 Å². The third-order valence-electron chi connectivity index (χ3n) is 4.09. The van der Waals surface area contributed by atoms with Gasteiger partial charge in [-0.15, -0.1) is 0 Å². The van der Waals surface area contributed by atoms with Gasteiger partial charge in [0, 0.05) is 36.3 Å². The molecule has 3 aromatic rings. The molecule has 0 aliphatic carbocycles. The topological polar surface area (TPSA) is 133 Å². The van der Waals surface area contributed by atoms with Crippen LogP contribution in [0.1, 0.15) is 10.4 Å². The van der Waals surface area contributed by atoms with E-state index in [0.29, 0.717) is 24.6 Å². The second-order valence-electron chi connectivity index (χ2n) is 6.34. The van der Waals surface area contributed by atoms with Gasteiger partial charge in [-0.25, -0.2) is 13.4 Å². The molecule has 0 saturated carbocycles. The molecule has 0 saturated heterocycles. The molecule has 1 N–H and O–H groups in total. The van der Waals surface area contributed by atoms with Crippen molar-refractivity contribution in [2.75, 3.05) is 18.2 Å². The molecule has 2 aromatic carbocycles. The second kappa shape index (κ2) is 8.74. The number of benzene rings is 2. The second-order valence-corrected chi connectivity index (χ2v) is 8.36. The summed E-state index contributed by atoms with van der Waals surface area (Å²) >= 11 is 0. The lowest BCUT2D eigenvalue weighted by Crippen LogP contribution is -2.15. The number of nitrogens with zero attached hydrogens (tertiary/aromatic N) is 3. The zero-order valence-electron chi connectivity index (χ0n) is 15.9. The molecule has 3 rings (SSSR count). The maximum absolute atomic E-state index is 12.7. The Balaban J connectivity index is 1.80. The Morgan fingerprint density at radius 2 is 2.03 bits per heavy atom. The van der Waals surface area contributed by atoms with Crippen LogP contribution in [-0.2, 0) is 16.4 Å². The summed E-state index contributed by atoms with van der Waals surface area (Å²) in [7, 11) is -3.75. The predicted molar refractivity (Wildman–Crippen MR) is 108 cm³/mol. The van der Waals surface area contributed by atoms with Crippen LogP contribution >= 0.6 is 0 Å². The standard InChI is InChI=1S/C19H18N4O6S/c1-30(27,28)16-11-14(10-15(12-16)23(25)26)19(24)21-17-4-2-3-5-18(17)29-9-8-22-7-6-20-13-22/h2-7,10-13H,8-9H2,1H3,(H,21,24). The summed E-state index contributed by atoms with van der Waals surface area (Å²) in [6.07, 6.45) is 6.01. The number of non-ortho nitro benzene ring substituents is 1. The van der Waals surface area contributed by atoms with Gasteiger partial charge < -0.3 is 14.6 Å². The molecule has 0 fully saturated rings. The van der Waals surface area contributed by atoms with E-state index in [0.717, 1.165) is 24.5 Å². The highest BCUT2D eigenvalue weighted by Gasteiger charge is 2.20. The van der Waals surface area contributed by atoms with Gasteiger partial charge in [0.2, 0.25) is 0 Å². The summed E-state index contributed by atoms with van der Waals surface area (Å²) in [4.78, 5) is 26.7. The van der Waals surface area contributed by atoms with Crippen molar-refractivity contribution in [2.45, 2.75) is 11.4 Å². The van der Waals surface area contributed by atoms with Crippen LogP contribution in [0.15, 0.2) is 66.1 Å². The molecule has 0 bridgehead atoms. The third kappa shape index (κ3) is 5.20. The number of aromatic nitrogens is 2. The van der Waals surface area contributed by atoms with Crippen LogP contribution in [-0.4, -0.2) is 41.7 Å². The van der Waals surface area contributed by atoms with Gasteiger partial charge in [0.25, 0.3) is 11.6 Å². The number of sulfone groups is 1. The minimum Gasteiger partial charge on any atom is -0.490 e. The monoisotopic (exact) mass is 430 g/mol. The molecule has 0 unspecified atom stereocenters. The number of rotatable bonds is 8. The molecule has 11 heteroatoms. The number of amides is 1. The van der Waals surface area contributed by atoms with E-state index in [-0.39, 0.29) is 10.5 Å². The highest BCUT2D eigenvalue weighted by molar-refractivity contribution is 7.90. The van der Waals surface area contributed by atoms with Crippen LogP contribution in [0, 0.1) is 10.1 Å². The molecular weight excluding hydrogens is 412 g/mol. The molecule has 1 amide bonds. The van der Waals surface area contributed by atoms with E-state index in [1.807, 2.05) is 4.57 Å². The summed E-state index contributed by atoms with van der Waals surface area (Å²) in [6.45, 7) is 0.864. The Morgan fingerprint density at radius 3 is 2.70 bits per heavy atom. The molecule has 10 nitrogen and oxygen atoms in total. The van der Waals surface area contributed by atoms with Crippen LogP contribution in [0.3, 0.4) is 0 Å². The Morgan fingerprint density at radius 1 is 1.27 bits per heavy atom. The summed E-state index contributed by atoms with van der Waals surface area (Å²) < 4.78 is 31.2. The number of hydrogen-bond donors (Lipinski definition) is 1. The van der Waals surface area contributed by atoms with E-state index in [9.17, 15) is 23.3 Å². The largest absolute Gasteiger partial charge is 0.490 e. The summed E-state index contributed by atoms with van der Waals surface area (Å²) in [5, 5.41) is 13.8. The first-order valence-electron chi connectivity index (χ1n) is 8.72. The Bertz CT molecular complexity index is 1180. The maximum atomic E-state index is 12.7. The van der Waals surface area contributed by atoms with Gasteiger partial charge in [0.15, 0.2) is 9.84 Å². The van der Waals surface area contributed by atoms with Crippen LogP contribution in [0.4, 0.5) is 11.4 Å². The Labute approximate surface area is 172 Å². The van der Waals surface area contributed by atoms with Gasteiger partial charge in [0.1, 0.15) is 12.4 Å². The molecule has 1 aromatic heterocycles. The summed E-state index contributed by atoms with van der Waals surface area (Å²) in [5.74, 6) is -0.297. The van der Waals surface area contributed by atoms with Gasteiger partial charge in [-0.1, -0.05) is 12.1 Å². The fourth-order valence-electron chi connectivity index (χ4n) is 2.60. The average Bonchev–Trinajstić information content (AvgIpc) is 3.21. The predicted octanol–water partition coefficient (Wildman–Crippen LogP) is 2.53. The SMILES string of the molecule is CS(=O)(=O)c1cc(C(=O)Nc2ccccc2OCCn2ccnc2)cc([N+](=O)[O-])c1. The van der Waals surface area contributed by atoms with Crippen molar-refractivity contribution in [3.63, 3.8) is 0 Å². The first-order chi connectivity index (χ1) is 14.2. The Kier molecular flexibility index (Phi) is 6.11. The highest BCUT2D eigenvalue weighted by Crippen LogP contribution is 2.26. The molecule has 156 valence electrons. The van der Waals surface area contributed by atoms with Gasteiger partial charge in [-0.05, 0) is 18.2 Å². The first kappa shape index (κ1) is 21.0. The van der Waals surface area contributed by atoms with Crippen LogP contribution in [0.5, 0.6) is 5.75 Å². The van der Waals surface area contributed by atoms with Crippen LogP contribution in [0.25, 0.3) is 0 Å². The van der Waals surface area contributed by atoms with Gasteiger partial charge >= 0.3 is 0 Å². The number of carbonyl (C=O) groups excluding carboxylic acids is 1. The Hall–Kier alpha value is -3.73. The van der Waals surface area contributed by atoms with Crippen LogP contribution in [0.2, 0.25) is 0 Å². The normalized spacial score (nSPS) is 11.1. The fraction of sp³-hybridized carbons (Fsp3) is 0.158. The van der Waals surface area contributed by atoms with E-state index in [1.54, 1.807) is 43.0 Å². The number of ether oxygens (including phenoxy) is 1. The molecule has 0 radical (unpaired) electrons. The number of para-hydroxylation sites is 2. The molecule has 0 spiro atoms. The van der Waals surface area contributed by atoms with Gasteiger partial charge in [-0.2, -0.15) is 0 Å². The van der Waals surface area contributed by atoms with E-state index in [2.05, 4.69) is 10.3 Å². The van der Waals surface area contributed by atoms with Gasteiger partial charge in [-0.3, -0.25) is 14.9 Å². The number of anilines is 1. The lowest BCUT2D eigenvalue weighted by molar-refractivity contribution is -0.385. The minimum absolute atomic E-state index is 0.155. The number of hydrogen-bond acceptors (Lipinski definition) is 7. The molecular formula is C19H18N4O6S. The molecule has 0 aliphatic heterocycles. The smallest absolute Gasteiger partial charge is 0.271 e. The van der Waals surface area contributed by atoms with Gasteiger partial charge in [0.05, 0.1) is 28.4 Å². The number of nitro benzene ring substituents is 1. The molecule has 1 heterocycles. The van der Waals surface area contributed by atoms with E-state index in [1.165, 1.54) is 0 Å². The van der Waals surface area contributed by atoms with Crippen molar-refractivity contribution in [3.8, 4) is 5.75 Å². The lowest BCUT2D eigenvalue weighted by atomic mass is 10.2. The third-order valence-corrected chi connectivity index (χ3v) is 5.19. The number of nitro groups is 1. The van der Waals surface area contributed by atoms with Crippen molar-refractivity contribution in [3.05, 3.63) is 76.9 Å². The minimum atomic E-state index is -3.75. The lowest BCUT2D eigenvalue weighted by Gasteiger charge is -2.13. The highest BCUT2D eigenvalue weighted by atomic mass is 32.2. The van der Waals surface area contributed by atoms with Crippen molar-refractivity contribution < 1.29 is 22.9 Å². The number of carbonyl (C=O) groups is 1. The zero-order chi connectivity index (χ0) is 21.7. The molecule has 0 atom stereocenters. The van der Waals surface area contributed by atoms with Crippen molar-refractivity contribution in [1.82, 2.24) is 9.55 Å². The maximum Gasteiger partial charge on any atom is 0.271 e. The number of imidazole rings is 1. The van der Waals surface area contributed by atoms with E-state index >= 15 is 0 Å². The summed E-state index contributed by atoms with van der Waals surface area (Å²) in [6, 6.07) is 9.73. The molecule has 30 heavy (non-hydrogen) atoms.